The molecule has 0 unspecified atom stereocenters. The molecule has 1 heterocycles. The predicted octanol–water partition coefficient (Wildman–Crippen LogP) is 1.93. The van der Waals surface area contributed by atoms with Crippen molar-refractivity contribution < 1.29 is 13.2 Å². The van der Waals surface area contributed by atoms with Crippen molar-refractivity contribution in [1.82, 2.24) is 10.2 Å². The van der Waals surface area contributed by atoms with Crippen LogP contribution in [0, 0.1) is 5.92 Å². The number of carbonyl (C=O) groups is 1. The molecule has 5 nitrogen and oxygen atoms in total. The summed E-state index contributed by atoms with van der Waals surface area (Å²) in [6.07, 6.45) is 2.18. The Balaban J connectivity index is 1.32. The molecule has 4 rings (SSSR count). The molecule has 2 fully saturated rings. The largest absolute Gasteiger partial charge is 0.334 e. The van der Waals surface area contributed by atoms with Gasteiger partial charge in [0, 0.05) is 30.8 Å². The monoisotopic (exact) mass is 348 g/mol. The van der Waals surface area contributed by atoms with Crippen LogP contribution in [0.15, 0.2) is 24.3 Å². The first-order valence-electron chi connectivity index (χ1n) is 8.86. The number of sulfone groups is 1. The van der Waals surface area contributed by atoms with E-state index < -0.39 is 9.84 Å². The fraction of sp³-hybridized carbons (Fsp3) is 0.611. The zero-order valence-electron chi connectivity index (χ0n) is 13.9. The summed E-state index contributed by atoms with van der Waals surface area (Å²) in [4.78, 5) is 14.3. The van der Waals surface area contributed by atoms with Gasteiger partial charge in [-0.05, 0) is 36.3 Å². The number of urea groups is 1. The maximum atomic E-state index is 12.5. The van der Waals surface area contributed by atoms with E-state index in [4.69, 9.17) is 0 Å². The van der Waals surface area contributed by atoms with E-state index in [2.05, 4.69) is 29.6 Å². The Kier molecular flexibility index (Phi) is 3.82. The molecule has 0 aromatic heterocycles. The lowest BCUT2D eigenvalue weighted by atomic mass is 10.1. The van der Waals surface area contributed by atoms with E-state index in [1.54, 1.807) is 11.8 Å². The molecule has 130 valence electrons. The van der Waals surface area contributed by atoms with Crippen LogP contribution in [0.25, 0.3) is 0 Å². The molecule has 0 spiro atoms. The molecule has 2 amide bonds. The summed E-state index contributed by atoms with van der Waals surface area (Å²) in [7, 11) is -2.99. The Labute approximate surface area is 143 Å². The molecular formula is C18H24N2O3S. The van der Waals surface area contributed by atoms with Crippen LogP contribution < -0.4 is 5.32 Å². The van der Waals surface area contributed by atoms with Crippen LogP contribution in [0.1, 0.15) is 36.8 Å². The number of likely N-dealkylation sites (tertiary alicyclic amines) is 1. The fourth-order valence-corrected chi connectivity index (χ4v) is 5.84. The Morgan fingerprint density at radius 1 is 1.25 bits per heavy atom. The average Bonchev–Trinajstić information content (AvgIpc) is 3.11. The molecule has 1 aromatic carbocycles. The van der Waals surface area contributed by atoms with E-state index in [1.165, 1.54) is 11.1 Å². The number of carbonyl (C=O) groups excluding carboxylic acids is 1. The topological polar surface area (TPSA) is 66.5 Å². The Hall–Kier alpha value is -1.56. The van der Waals surface area contributed by atoms with E-state index in [0.717, 1.165) is 6.42 Å². The first-order valence-corrected chi connectivity index (χ1v) is 10.6. The number of amides is 2. The van der Waals surface area contributed by atoms with Gasteiger partial charge < -0.3 is 10.2 Å². The molecular weight excluding hydrogens is 324 g/mol. The minimum absolute atomic E-state index is 0.0285. The second kappa shape index (κ2) is 5.76. The first-order chi connectivity index (χ1) is 11.5. The van der Waals surface area contributed by atoms with Crippen LogP contribution in [0.5, 0.6) is 0 Å². The van der Waals surface area contributed by atoms with Crippen molar-refractivity contribution in [2.24, 2.45) is 5.92 Å². The van der Waals surface area contributed by atoms with E-state index in [9.17, 15) is 13.2 Å². The number of hydrogen-bond donors (Lipinski definition) is 1. The summed E-state index contributed by atoms with van der Waals surface area (Å²) < 4.78 is 23.9. The second-order valence-electron chi connectivity index (χ2n) is 7.21. The number of benzene rings is 1. The van der Waals surface area contributed by atoms with Gasteiger partial charge in [0.2, 0.25) is 0 Å². The van der Waals surface area contributed by atoms with Gasteiger partial charge in [-0.15, -0.1) is 0 Å². The number of piperidine rings is 1. The molecule has 24 heavy (non-hydrogen) atoms. The Morgan fingerprint density at radius 3 is 2.67 bits per heavy atom. The van der Waals surface area contributed by atoms with Crippen molar-refractivity contribution >= 4 is 15.9 Å². The maximum Gasteiger partial charge on any atom is 0.317 e. The summed E-state index contributed by atoms with van der Waals surface area (Å²) in [5.74, 6) is 1.21. The summed E-state index contributed by atoms with van der Waals surface area (Å²) in [6.45, 7) is 2.76. The lowest BCUT2D eigenvalue weighted by molar-refractivity contribution is 0.185. The summed E-state index contributed by atoms with van der Waals surface area (Å²) >= 11 is 0. The molecule has 1 aromatic rings. The number of fused-ring (bicyclic) bond motifs is 3. The van der Waals surface area contributed by atoms with Crippen LogP contribution in [0.3, 0.4) is 0 Å². The van der Waals surface area contributed by atoms with E-state index in [1.807, 2.05) is 0 Å². The number of nitrogens with zero attached hydrogens (tertiary/aromatic N) is 1. The third-order valence-electron chi connectivity index (χ3n) is 5.97. The van der Waals surface area contributed by atoms with Gasteiger partial charge in [-0.3, -0.25) is 0 Å². The SMILES string of the molecule is CCS(=O)(=O)C1CCN(C(=O)N[C@@H]2[C@@H]3Cc4ccccc4[C@@H]32)CC1. The molecule has 1 aliphatic heterocycles. The maximum absolute atomic E-state index is 12.5. The summed E-state index contributed by atoms with van der Waals surface area (Å²) in [5.41, 5.74) is 2.81. The highest BCUT2D eigenvalue weighted by atomic mass is 32.2. The Bertz CT molecular complexity index is 753. The molecule has 6 heteroatoms. The lowest BCUT2D eigenvalue weighted by Crippen LogP contribution is -2.48. The predicted molar refractivity (Wildman–Crippen MR) is 92.8 cm³/mol. The minimum Gasteiger partial charge on any atom is -0.334 e. The normalized spacial score (nSPS) is 29.0. The molecule has 1 saturated carbocycles. The molecule has 2 aliphatic carbocycles. The van der Waals surface area contributed by atoms with Crippen molar-refractivity contribution in [3.63, 3.8) is 0 Å². The molecule has 1 saturated heterocycles. The van der Waals surface area contributed by atoms with Gasteiger partial charge in [0.05, 0.1) is 5.25 Å². The average molecular weight is 348 g/mol. The van der Waals surface area contributed by atoms with Crippen LogP contribution >= 0.6 is 0 Å². The van der Waals surface area contributed by atoms with Gasteiger partial charge in [-0.25, -0.2) is 13.2 Å². The van der Waals surface area contributed by atoms with E-state index in [-0.39, 0.29) is 23.1 Å². The van der Waals surface area contributed by atoms with Gasteiger partial charge in [-0.1, -0.05) is 31.2 Å². The standard InChI is InChI=1S/C18H24N2O3S/c1-2-24(22,23)13-7-9-20(10-8-13)18(21)19-17-15-11-12-5-3-4-6-14(12)16(15)17/h3-6,13,15-17H,2,7-11H2,1H3,(H,19,21)/t15-,16+,17-/m1/s1. The smallest absolute Gasteiger partial charge is 0.317 e. The highest BCUT2D eigenvalue weighted by Gasteiger charge is 2.56. The zero-order chi connectivity index (χ0) is 16.9. The third-order valence-corrected chi connectivity index (χ3v) is 8.26. The summed E-state index contributed by atoms with van der Waals surface area (Å²) in [6, 6.07) is 8.72. The zero-order valence-corrected chi connectivity index (χ0v) is 14.8. The van der Waals surface area contributed by atoms with Crippen LogP contribution in [0.4, 0.5) is 4.79 Å². The van der Waals surface area contributed by atoms with Crippen molar-refractivity contribution in [2.75, 3.05) is 18.8 Å². The van der Waals surface area contributed by atoms with Crippen LogP contribution in [-0.2, 0) is 16.3 Å². The van der Waals surface area contributed by atoms with Gasteiger partial charge in [0.1, 0.15) is 0 Å². The van der Waals surface area contributed by atoms with Crippen molar-refractivity contribution in [1.29, 1.82) is 0 Å². The van der Waals surface area contributed by atoms with Gasteiger partial charge in [0.25, 0.3) is 0 Å². The van der Waals surface area contributed by atoms with Crippen molar-refractivity contribution in [3.05, 3.63) is 35.4 Å². The van der Waals surface area contributed by atoms with Gasteiger partial charge >= 0.3 is 6.03 Å². The quantitative estimate of drug-likeness (QED) is 0.908. The lowest BCUT2D eigenvalue weighted by Gasteiger charge is -2.31. The number of nitrogens with one attached hydrogen (secondary N) is 1. The van der Waals surface area contributed by atoms with Crippen LogP contribution in [-0.4, -0.2) is 49.5 Å². The van der Waals surface area contributed by atoms with Crippen LogP contribution in [0.2, 0.25) is 0 Å². The summed E-state index contributed by atoms with van der Waals surface area (Å²) in [5, 5.41) is 2.89. The first kappa shape index (κ1) is 15.9. The van der Waals surface area contributed by atoms with Crippen molar-refractivity contribution in [3.8, 4) is 0 Å². The molecule has 0 bridgehead atoms. The molecule has 0 radical (unpaired) electrons. The number of rotatable bonds is 3. The highest BCUT2D eigenvalue weighted by molar-refractivity contribution is 7.92. The Morgan fingerprint density at radius 2 is 1.96 bits per heavy atom. The molecule has 3 atom stereocenters. The minimum atomic E-state index is -2.99. The second-order valence-corrected chi connectivity index (χ2v) is 9.78. The van der Waals surface area contributed by atoms with E-state index >= 15 is 0 Å². The molecule has 3 aliphatic rings. The fourth-order valence-electron chi connectivity index (χ4n) is 4.44. The third kappa shape index (κ3) is 2.61. The number of hydrogen-bond acceptors (Lipinski definition) is 3. The van der Waals surface area contributed by atoms with E-state index in [0.29, 0.717) is 37.8 Å². The van der Waals surface area contributed by atoms with Crippen molar-refractivity contribution in [2.45, 2.75) is 43.4 Å². The van der Waals surface area contributed by atoms with Gasteiger partial charge in [-0.2, -0.15) is 0 Å². The molecule has 1 N–H and O–H groups in total. The highest BCUT2D eigenvalue weighted by Crippen LogP contribution is 2.56. The van der Waals surface area contributed by atoms with Gasteiger partial charge in [0.15, 0.2) is 9.84 Å².